The van der Waals surface area contributed by atoms with Crippen LogP contribution >= 0.6 is 22.7 Å². The van der Waals surface area contributed by atoms with Gasteiger partial charge in [-0.3, -0.25) is 0 Å². The van der Waals surface area contributed by atoms with Crippen molar-refractivity contribution < 1.29 is 4.42 Å². The van der Waals surface area contributed by atoms with Crippen molar-refractivity contribution in [3.05, 3.63) is 194 Å². The molecule has 12 aromatic rings. The van der Waals surface area contributed by atoms with Crippen LogP contribution in [0.5, 0.6) is 0 Å². The predicted octanol–water partition coefficient (Wildman–Crippen LogP) is 16.2. The average Bonchev–Trinajstić information content (AvgIpc) is 4.01. The van der Waals surface area contributed by atoms with Crippen molar-refractivity contribution in [2.45, 2.75) is 0 Å². The van der Waals surface area contributed by atoms with Crippen LogP contribution in [0, 0.1) is 0 Å². The first-order valence-electron chi connectivity index (χ1n) is 19.4. The number of thiazole rings is 1. The van der Waals surface area contributed by atoms with Crippen molar-refractivity contribution in [1.29, 1.82) is 0 Å². The van der Waals surface area contributed by atoms with Crippen LogP contribution in [0.15, 0.2) is 199 Å². The Morgan fingerprint density at radius 2 is 1.07 bits per heavy atom. The van der Waals surface area contributed by atoms with Gasteiger partial charge in [0.2, 0.25) is 0 Å². The summed E-state index contributed by atoms with van der Waals surface area (Å²) in [4.78, 5) is 7.60. The lowest BCUT2D eigenvalue weighted by Gasteiger charge is -2.26. The number of anilines is 3. The summed E-state index contributed by atoms with van der Waals surface area (Å²) in [7, 11) is 0. The molecule has 0 aliphatic heterocycles. The minimum atomic E-state index is 0.867. The van der Waals surface area contributed by atoms with Gasteiger partial charge in [-0.1, -0.05) is 140 Å². The van der Waals surface area contributed by atoms with Gasteiger partial charge < -0.3 is 9.32 Å². The molecule has 0 aliphatic rings. The van der Waals surface area contributed by atoms with Crippen molar-refractivity contribution in [3.63, 3.8) is 0 Å². The van der Waals surface area contributed by atoms with Gasteiger partial charge in [0.15, 0.2) is 0 Å². The van der Waals surface area contributed by atoms with Crippen molar-refractivity contribution in [1.82, 2.24) is 4.98 Å². The maximum absolute atomic E-state index is 6.41. The highest BCUT2D eigenvalue weighted by Gasteiger charge is 2.22. The van der Waals surface area contributed by atoms with Crippen molar-refractivity contribution >= 4 is 103 Å². The van der Waals surface area contributed by atoms with Gasteiger partial charge in [-0.15, -0.1) is 22.7 Å². The van der Waals surface area contributed by atoms with Crippen molar-refractivity contribution in [2.75, 3.05) is 4.90 Å². The summed E-state index contributed by atoms with van der Waals surface area (Å²) in [5, 5.41) is 8.30. The molecule has 0 amide bonds. The van der Waals surface area contributed by atoms with Crippen LogP contribution < -0.4 is 4.90 Å². The summed E-state index contributed by atoms with van der Waals surface area (Å²) < 4.78 is 10.2. The first-order valence-corrected chi connectivity index (χ1v) is 21.1. The molecule has 0 saturated heterocycles. The van der Waals surface area contributed by atoms with E-state index in [1.165, 1.54) is 52.3 Å². The summed E-state index contributed by atoms with van der Waals surface area (Å²) >= 11 is 3.66. The minimum absolute atomic E-state index is 0.867. The molecule has 3 heterocycles. The van der Waals surface area contributed by atoms with Crippen LogP contribution in [0.25, 0.3) is 95.9 Å². The highest BCUT2D eigenvalue weighted by atomic mass is 32.1. The smallest absolute Gasteiger partial charge is 0.137 e. The summed E-state index contributed by atoms with van der Waals surface area (Å²) in [5.74, 6) is 0. The first-order chi connectivity index (χ1) is 28.7. The Labute approximate surface area is 342 Å². The number of rotatable bonds is 6. The third-order valence-electron chi connectivity index (χ3n) is 11.3. The Morgan fingerprint density at radius 1 is 0.431 bits per heavy atom. The molecule has 5 heteroatoms. The first kappa shape index (κ1) is 33.1. The van der Waals surface area contributed by atoms with Gasteiger partial charge in [-0.05, 0) is 82.1 Å². The molecule has 0 N–H and O–H groups in total. The van der Waals surface area contributed by atoms with Gasteiger partial charge in [-0.25, -0.2) is 4.98 Å². The van der Waals surface area contributed by atoms with Gasteiger partial charge in [0.25, 0.3) is 0 Å². The Balaban J connectivity index is 1.03. The zero-order chi connectivity index (χ0) is 38.2. The van der Waals surface area contributed by atoms with Gasteiger partial charge in [0.05, 0.1) is 21.3 Å². The van der Waals surface area contributed by atoms with E-state index >= 15 is 0 Å². The molecule has 0 unspecified atom stereocenters. The number of para-hydroxylation sites is 1. The highest BCUT2D eigenvalue weighted by molar-refractivity contribution is 7.28. The monoisotopic (exact) mass is 776 g/mol. The largest absolute Gasteiger partial charge is 0.456 e. The standard InChI is InChI=1S/C53H32N2OS2/c1-2-13-36(14-3-1)53-54-44-32-43(51-50(52(44)58-53)42-18-7-9-23-48(42)57-51)35-26-30-38(31-27-35)55(45-20-11-22-47-49(45)41-17-6-8-21-46(41)56-47)37-28-24-34(25-29-37)40-19-10-15-33-12-4-5-16-39(33)40/h1-32H. The third kappa shape index (κ3) is 5.28. The molecule has 0 saturated carbocycles. The Hall–Kier alpha value is -7.05. The van der Waals surface area contributed by atoms with Crippen molar-refractivity contribution in [3.8, 4) is 32.8 Å². The number of hydrogen-bond acceptors (Lipinski definition) is 5. The van der Waals surface area contributed by atoms with E-state index in [4.69, 9.17) is 9.40 Å². The molecule has 58 heavy (non-hydrogen) atoms. The number of nitrogens with zero attached hydrogens (tertiary/aromatic N) is 2. The SMILES string of the molecule is c1ccc(-c2nc3cc(-c4ccc(N(c5ccc(-c6cccc7ccccc67)cc5)c5cccc6oc7ccccc7c56)cc4)c4sc5ccccc5c4c3s2)cc1. The summed E-state index contributed by atoms with van der Waals surface area (Å²) in [6.07, 6.45) is 0. The maximum Gasteiger partial charge on any atom is 0.137 e. The van der Waals surface area contributed by atoms with Gasteiger partial charge >= 0.3 is 0 Å². The Kier molecular flexibility index (Phi) is 7.58. The molecule has 3 aromatic heterocycles. The van der Waals surface area contributed by atoms with E-state index in [0.29, 0.717) is 0 Å². The van der Waals surface area contributed by atoms with E-state index in [2.05, 4.69) is 187 Å². The van der Waals surface area contributed by atoms with E-state index in [1.807, 2.05) is 23.5 Å². The summed E-state index contributed by atoms with van der Waals surface area (Å²) in [6.45, 7) is 0. The fourth-order valence-electron chi connectivity index (χ4n) is 8.62. The normalized spacial score (nSPS) is 11.8. The third-order valence-corrected chi connectivity index (χ3v) is 13.6. The topological polar surface area (TPSA) is 29.3 Å². The van der Waals surface area contributed by atoms with E-state index in [1.54, 1.807) is 11.3 Å². The quantitative estimate of drug-likeness (QED) is 0.168. The van der Waals surface area contributed by atoms with E-state index < -0.39 is 0 Å². The number of benzene rings is 9. The molecule has 3 nitrogen and oxygen atoms in total. The Bertz CT molecular complexity index is 3500. The van der Waals surface area contributed by atoms with Crippen molar-refractivity contribution in [2.24, 2.45) is 0 Å². The summed E-state index contributed by atoms with van der Waals surface area (Å²) in [6, 6.07) is 69.5. The molecule has 272 valence electrons. The molecule has 0 bridgehead atoms. The molecule has 9 aromatic carbocycles. The molecule has 0 aliphatic carbocycles. The average molecular weight is 777 g/mol. The fourth-order valence-corrected chi connectivity index (χ4v) is 11.0. The Morgan fingerprint density at radius 3 is 1.88 bits per heavy atom. The molecule has 0 atom stereocenters. The lowest BCUT2D eigenvalue weighted by molar-refractivity contribution is 0.669. The molecule has 0 spiro atoms. The second-order valence-corrected chi connectivity index (χ2v) is 16.7. The number of thiophene rings is 1. The molecular weight excluding hydrogens is 745 g/mol. The fraction of sp³-hybridized carbons (Fsp3) is 0. The number of aromatic nitrogens is 1. The van der Waals surface area contributed by atoms with E-state index in [-0.39, 0.29) is 0 Å². The zero-order valence-corrected chi connectivity index (χ0v) is 32.7. The minimum Gasteiger partial charge on any atom is -0.456 e. The predicted molar refractivity (Wildman–Crippen MR) is 248 cm³/mol. The number of hydrogen-bond donors (Lipinski definition) is 0. The van der Waals surface area contributed by atoms with Gasteiger partial charge in [0, 0.05) is 48.1 Å². The summed E-state index contributed by atoms with van der Waals surface area (Å²) in [5.41, 5.74) is 11.9. The van der Waals surface area contributed by atoms with Crippen LogP contribution in [0.3, 0.4) is 0 Å². The van der Waals surface area contributed by atoms with E-state index in [0.717, 1.165) is 60.7 Å². The number of furan rings is 1. The molecular formula is C53H32N2OS2. The molecule has 12 rings (SSSR count). The second-order valence-electron chi connectivity index (χ2n) is 14.7. The van der Waals surface area contributed by atoms with E-state index in [9.17, 15) is 0 Å². The molecule has 0 radical (unpaired) electrons. The maximum atomic E-state index is 6.41. The zero-order valence-electron chi connectivity index (χ0n) is 31.1. The van der Waals surface area contributed by atoms with Crippen LogP contribution in [0.4, 0.5) is 17.1 Å². The van der Waals surface area contributed by atoms with Crippen LogP contribution in [0.2, 0.25) is 0 Å². The lowest BCUT2D eigenvalue weighted by atomic mass is 9.98. The highest BCUT2D eigenvalue weighted by Crippen LogP contribution is 2.48. The van der Waals surface area contributed by atoms with Gasteiger partial charge in [-0.2, -0.15) is 0 Å². The second kappa shape index (κ2) is 13.3. The van der Waals surface area contributed by atoms with Crippen LogP contribution in [0.1, 0.15) is 0 Å². The van der Waals surface area contributed by atoms with Crippen LogP contribution in [-0.2, 0) is 0 Å². The van der Waals surface area contributed by atoms with Gasteiger partial charge in [0.1, 0.15) is 16.2 Å². The molecule has 0 fully saturated rings. The lowest BCUT2D eigenvalue weighted by Crippen LogP contribution is -2.10. The van der Waals surface area contributed by atoms with Crippen LogP contribution in [-0.4, -0.2) is 4.98 Å². The number of fused-ring (bicyclic) bond motifs is 9.